The Morgan fingerprint density at radius 1 is 1.32 bits per heavy atom. The van der Waals surface area contributed by atoms with E-state index < -0.39 is 5.95 Å². The van der Waals surface area contributed by atoms with Crippen LogP contribution in [0.3, 0.4) is 0 Å². The maximum atomic E-state index is 12.9. The molecule has 1 aliphatic carbocycles. The molecule has 1 unspecified atom stereocenters. The molecule has 4 nitrogen and oxygen atoms in total. The topological polar surface area (TPSA) is 45.6 Å². The highest BCUT2D eigenvalue weighted by Gasteiger charge is 2.23. The minimum absolute atomic E-state index is 0.00129. The Morgan fingerprint density at radius 2 is 2.14 bits per heavy atom. The Hall–Kier alpha value is -2.56. The van der Waals surface area contributed by atoms with Crippen LogP contribution in [0, 0.1) is 5.95 Å². The molecular formula is C17H16FN3O. The Balaban J connectivity index is 1.86. The maximum absolute atomic E-state index is 12.9. The average molecular weight is 297 g/mol. The summed E-state index contributed by atoms with van der Waals surface area (Å²) in [5, 5.41) is 0. The average Bonchev–Trinajstić information content (AvgIpc) is 2.53. The zero-order valence-corrected chi connectivity index (χ0v) is 12.5. The number of nitrogens with zero attached hydrogens (tertiary/aromatic N) is 3. The predicted molar refractivity (Wildman–Crippen MR) is 82.9 cm³/mol. The molecule has 22 heavy (non-hydrogen) atoms. The molecule has 2 heterocycles. The number of halogens is 1. The third-order valence-corrected chi connectivity index (χ3v) is 3.91. The first-order valence-electron chi connectivity index (χ1n) is 7.07. The van der Waals surface area contributed by atoms with Gasteiger partial charge < -0.3 is 4.90 Å². The number of allylic oxidation sites excluding steroid dienone is 3. The van der Waals surface area contributed by atoms with E-state index in [0.29, 0.717) is 6.42 Å². The molecule has 3 rings (SSSR count). The molecule has 1 amide bonds. The number of hydrogen-bond acceptors (Lipinski definition) is 3. The normalized spacial score (nSPS) is 19.8. The van der Waals surface area contributed by atoms with Crippen molar-refractivity contribution in [1.82, 2.24) is 9.88 Å². The lowest BCUT2D eigenvalue weighted by atomic mass is 9.92. The number of carbonyl (C=O) groups excluding carboxylic acids is 1. The van der Waals surface area contributed by atoms with Gasteiger partial charge in [-0.15, -0.1) is 0 Å². The van der Waals surface area contributed by atoms with Gasteiger partial charge in [-0.2, -0.15) is 4.39 Å². The molecule has 2 aliphatic rings. The van der Waals surface area contributed by atoms with E-state index >= 15 is 0 Å². The second kappa shape index (κ2) is 5.67. The number of aromatic nitrogens is 1. The van der Waals surface area contributed by atoms with E-state index in [1.807, 2.05) is 24.3 Å². The highest BCUT2D eigenvalue weighted by Crippen LogP contribution is 2.28. The molecule has 5 heteroatoms. The number of amides is 1. The Morgan fingerprint density at radius 3 is 2.82 bits per heavy atom. The number of carbonyl (C=O) groups is 1. The Kier molecular flexibility index (Phi) is 3.71. The van der Waals surface area contributed by atoms with Gasteiger partial charge in [-0.1, -0.05) is 12.2 Å². The van der Waals surface area contributed by atoms with Crippen molar-refractivity contribution in [3.8, 4) is 0 Å². The van der Waals surface area contributed by atoms with Gasteiger partial charge >= 0.3 is 0 Å². The predicted octanol–water partition coefficient (Wildman–Crippen LogP) is 2.64. The van der Waals surface area contributed by atoms with E-state index in [0.717, 1.165) is 22.5 Å². The van der Waals surface area contributed by atoms with Gasteiger partial charge in [0.15, 0.2) is 0 Å². The summed E-state index contributed by atoms with van der Waals surface area (Å²) in [5.41, 5.74) is 3.62. The highest BCUT2D eigenvalue weighted by atomic mass is 19.1. The van der Waals surface area contributed by atoms with Crippen LogP contribution in [0.4, 0.5) is 4.39 Å². The minimum Gasteiger partial charge on any atom is -0.319 e. The first-order chi connectivity index (χ1) is 10.5. The van der Waals surface area contributed by atoms with Crippen molar-refractivity contribution in [2.45, 2.75) is 19.4 Å². The monoisotopic (exact) mass is 297 g/mol. The lowest BCUT2D eigenvalue weighted by Crippen LogP contribution is -2.28. The summed E-state index contributed by atoms with van der Waals surface area (Å²) in [6, 6.07) is 2.97. The molecule has 0 aromatic carbocycles. The van der Waals surface area contributed by atoms with E-state index in [1.165, 1.54) is 12.3 Å². The van der Waals surface area contributed by atoms with Gasteiger partial charge in [-0.05, 0) is 29.9 Å². The molecule has 1 aliphatic heterocycles. The van der Waals surface area contributed by atoms with Crippen LogP contribution in [0.5, 0.6) is 0 Å². The van der Waals surface area contributed by atoms with Crippen molar-refractivity contribution >= 4 is 11.6 Å². The second-order valence-corrected chi connectivity index (χ2v) is 5.34. The molecule has 0 fully saturated rings. The standard InChI is InChI=1S/C17H16FN3O/c1-11(22)21(2)14-6-3-12-4-7-15(20-16(12)9-14)13-5-8-17(18)19-10-13/h3-8,10,16H,9H2,1-2H3. The van der Waals surface area contributed by atoms with E-state index in [1.54, 1.807) is 24.9 Å². The Labute approximate surface area is 128 Å². The number of rotatable bonds is 2. The lowest BCUT2D eigenvalue weighted by molar-refractivity contribution is -0.125. The van der Waals surface area contributed by atoms with Crippen LogP contribution < -0.4 is 0 Å². The molecule has 1 aromatic rings. The lowest BCUT2D eigenvalue weighted by Gasteiger charge is -2.28. The molecular weight excluding hydrogens is 281 g/mol. The summed E-state index contributed by atoms with van der Waals surface area (Å²) >= 11 is 0. The summed E-state index contributed by atoms with van der Waals surface area (Å²) in [4.78, 5) is 21.5. The zero-order valence-electron chi connectivity index (χ0n) is 12.5. The summed E-state index contributed by atoms with van der Waals surface area (Å²) in [6.45, 7) is 1.54. The molecule has 0 spiro atoms. The van der Waals surface area contributed by atoms with Crippen molar-refractivity contribution in [3.63, 3.8) is 0 Å². The molecule has 0 radical (unpaired) electrons. The van der Waals surface area contributed by atoms with Crippen molar-refractivity contribution in [2.75, 3.05) is 7.05 Å². The Bertz CT molecular complexity index is 729. The summed E-state index contributed by atoms with van der Waals surface area (Å²) < 4.78 is 12.9. The number of pyridine rings is 1. The van der Waals surface area contributed by atoms with Gasteiger partial charge in [0.05, 0.1) is 11.8 Å². The van der Waals surface area contributed by atoms with Crippen LogP contribution in [0.1, 0.15) is 18.9 Å². The van der Waals surface area contributed by atoms with Crippen molar-refractivity contribution in [1.29, 1.82) is 0 Å². The van der Waals surface area contributed by atoms with Crippen LogP contribution in [-0.2, 0) is 4.79 Å². The highest BCUT2D eigenvalue weighted by molar-refractivity contribution is 6.09. The van der Waals surface area contributed by atoms with Crippen molar-refractivity contribution in [2.24, 2.45) is 4.99 Å². The summed E-state index contributed by atoms with van der Waals surface area (Å²) in [7, 11) is 1.76. The van der Waals surface area contributed by atoms with Crippen LogP contribution in [0.2, 0.25) is 0 Å². The molecule has 1 atom stereocenters. The summed E-state index contributed by atoms with van der Waals surface area (Å²) in [5.74, 6) is -0.503. The molecule has 0 saturated heterocycles. The molecule has 0 saturated carbocycles. The van der Waals surface area contributed by atoms with E-state index in [4.69, 9.17) is 4.99 Å². The number of aliphatic imine (C=N–C) groups is 1. The molecule has 112 valence electrons. The van der Waals surface area contributed by atoms with Gasteiger partial charge in [0.1, 0.15) is 0 Å². The van der Waals surface area contributed by atoms with E-state index in [2.05, 4.69) is 4.98 Å². The first-order valence-corrected chi connectivity index (χ1v) is 7.07. The van der Waals surface area contributed by atoms with Gasteiger partial charge in [0, 0.05) is 37.8 Å². The van der Waals surface area contributed by atoms with Crippen LogP contribution in [-0.4, -0.2) is 34.6 Å². The van der Waals surface area contributed by atoms with Crippen LogP contribution >= 0.6 is 0 Å². The maximum Gasteiger partial charge on any atom is 0.223 e. The van der Waals surface area contributed by atoms with Gasteiger partial charge in [-0.25, -0.2) is 4.98 Å². The largest absolute Gasteiger partial charge is 0.319 e. The fourth-order valence-electron chi connectivity index (χ4n) is 2.51. The number of hydrogen-bond donors (Lipinski definition) is 0. The molecule has 0 bridgehead atoms. The smallest absolute Gasteiger partial charge is 0.223 e. The fourth-order valence-corrected chi connectivity index (χ4v) is 2.51. The van der Waals surface area contributed by atoms with E-state index in [-0.39, 0.29) is 11.9 Å². The van der Waals surface area contributed by atoms with Gasteiger partial charge in [0.2, 0.25) is 11.9 Å². The number of fused-ring (bicyclic) bond motifs is 1. The van der Waals surface area contributed by atoms with Crippen LogP contribution in [0.15, 0.2) is 58.9 Å². The third kappa shape index (κ3) is 2.74. The molecule has 0 N–H and O–H groups in total. The van der Waals surface area contributed by atoms with Crippen LogP contribution in [0.25, 0.3) is 0 Å². The van der Waals surface area contributed by atoms with Gasteiger partial charge in [0.25, 0.3) is 0 Å². The SMILES string of the molecule is CC(=O)N(C)C1=CC=C2C=CC(c3ccc(F)nc3)=NC2C1. The fraction of sp³-hybridized carbons (Fsp3) is 0.235. The minimum atomic E-state index is -0.504. The first kappa shape index (κ1) is 14.4. The third-order valence-electron chi connectivity index (χ3n) is 3.91. The quantitative estimate of drug-likeness (QED) is 0.788. The van der Waals surface area contributed by atoms with E-state index in [9.17, 15) is 9.18 Å². The van der Waals surface area contributed by atoms with Gasteiger partial charge in [-0.3, -0.25) is 9.79 Å². The van der Waals surface area contributed by atoms with Crippen molar-refractivity contribution < 1.29 is 9.18 Å². The second-order valence-electron chi connectivity index (χ2n) is 5.34. The number of dihydropyridines is 1. The molecule has 1 aromatic heterocycles. The summed E-state index contributed by atoms with van der Waals surface area (Å²) in [6.07, 6.45) is 10.0. The zero-order chi connectivity index (χ0) is 15.7. The van der Waals surface area contributed by atoms with Crippen molar-refractivity contribution in [3.05, 3.63) is 65.4 Å².